The second kappa shape index (κ2) is 7.88. The summed E-state index contributed by atoms with van der Waals surface area (Å²) in [7, 11) is 0. The summed E-state index contributed by atoms with van der Waals surface area (Å²) in [6.07, 6.45) is 0.797. The molecule has 0 spiro atoms. The minimum Gasteiger partial charge on any atom is -0.352 e. The van der Waals surface area contributed by atoms with Gasteiger partial charge in [-0.05, 0) is 42.8 Å². The topological polar surface area (TPSA) is 58.2 Å². The molecule has 2 rings (SSSR count). The van der Waals surface area contributed by atoms with Crippen molar-refractivity contribution >= 4 is 29.1 Å². The van der Waals surface area contributed by atoms with Crippen LogP contribution in [0.15, 0.2) is 36.4 Å². The fourth-order valence-corrected chi connectivity index (χ4v) is 2.22. The van der Waals surface area contributed by atoms with Crippen molar-refractivity contribution in [3.63, 3.8) is 0 Å². The SMILES string of the molecule is CCCNC(=O)c1ccc(NC(=O)c2ccc(F)c(F)c2)cc1Cl. The Balaban J connectivity index is 2.12. The van der Waals surface area contributed by atoms with Crippen LogP contribution < -0.4 is 10.6 Å². The predicted octanol–water partition coefficient (Wildman–Crippen LogP) is 4.01. The van der Waals surface area contributed by atoms with E-state index in [4.69, 9.17) is 11.6 Å². The number of amides is 2. The lowest BCUT2D eigenvalue weighted by Gasteiger charge is -2.09. The van der Waals surface area contributed by atoms with E-state index >= 15 is 0 Å². The number of anilines is 1. The van der Waals surface area contributed by atoms with Gasteiger partial charge in [0.1, 0.15) is 0 Å². The fraction of sp³-hybridized carbons (Fsp3) is 0.176. The molecule has 0 aliphatic carbocycles. The number of hydrogen-bond acceptors (Lipinski definition) is 2. The summed E-state index contributed by atoms with van der Waals surface area (Å²) in [5.74, 6) is -3.06. The summed E-state index contributed by atoms with van der Waals surface area (Å²) in [5, 5.41) is 5.38. The first-order valence-corrected chi connectivity index (χ1v) is 7.64. The molecule has 7 heteroatoms. The molecule has 0 atom stereocenters. The Morgan fingerprint density at radius 2 is 1.79 bits per heavy atom. The highest BCUT2D eigenvalue weighted by Gasteiger charge is 2.13. The average Bonchev–Trinajstić information content (AvgIpc) is 2.55. The van der Waals surface area contributed by atoms with Crippen LogP contribution in [0.3, 0.4) is 0 Å². The maximum atomic E-state index is 13.2. The van der Waals surface area contributed by atoms with Crippen LogP contribution in [0.25, 0.3) is 0 Å². The van der Waals surface area contributed by atoms with Gasteiger partial charge in [0.05, 0.1) is 10.6 Å². The number of carbonyl (C=O) groups is 2. The van der Waals surface area contributed by atoms with Gasteiger partial charge in [-0.2, -0.15) is 0 Å². The highest BCUT2D eigenvalue weighted by molar-refractivity contribution is 6.34. The van der Waals surface area contributed by atoms with Crippen LogP contribution in [0.5, 0.6) is 0 Å². The Bertz CT molecular complexity index is 781. The van der Waals surface area contributed by atoms with Crippen molar-refractivity contribution in [1.82, 2.24) is 5.32 Å². The summed E-state index contributed by atoms with van der Waals surface area (Å²) in [6.45, 7) is 2.46. The van der Waals surface area contributed by atoms with Gasteiger partial charge in [0.2, 0.25) is 0 Å². The number of carbonyl (C=O) groups excluding carboxylic acids is 2. The van der Waals surface area contributed by atoms with Crippen molar-refractivity contribution in [1.29, 1.82) is 0 Å². The van der Waals surface area contributed by atoms with Crippen molar-refractivity contribution in [2.75, 3.05) is 11.9 Å². The molecule has 0 aromatic heterocycles. The number of rotatable bonds is 5. The van der Waals surface area contributed by atoms with E-state index in [0.717, 1.165) is 18.6 Å². The third-order valence-corrected chi connectivity index (χ3v) is 3.50. The quantitative estimate of drug-likeness (QED) is 0.854. The Kier molecular flexibility index (Phi) is 5.87. The lowest BCUT2D eigenvalue weighted by molar-refractivity contribution is 0.0953. The smallest absolute Gasteiger partial charge is 0.255 e. The van der Waals surface area contributed by atoms with E-state index in [0.29, 0.717) is 12.2 Å². The molecule has 24 heavy (non-hydrogen) atoms. The molecular formula is C17H15ClF2N2O2. The fourth-order valence-electron chi connectivity index (χ4n) is 1.95. The molecule has 0 unspecified atom stereocenters. The molecule has 0 saturated carbocycles. The van der Waals surface area contributed by atoms with Gasteiger partial charge in [-0.15, -0.1) is 0 Å². The van der Waals surface area contributed by atoms with Gasteiger partial charge < -0.3 is 10.6 Å². The monoisotopic (exact) mass is 352 g/mol. The van der Waals surface area contributed by atoms with Crippen molar-refractivity contribution in [2.24, 2.45) is 0 Å². The predicted molar refractivity (Wildman–Crippen MR) is 88.4 cm³/mol. The van der Waals surface area contributed by atoms with Crippen molar-refractivity contribution in [3.05, 3.63) is 64.2 Å². The highest BCUT2D eigenvalue weighted by Crippen LogP contribution is 2.22. The molecule has 0 aliphatic heterocycles. The summed E-state index contributed by atoms with van der Waals surface area (Å²) < 4.78 is 26.1. The summed E-state index contributed by atoms with van der Waals surface area (Å²) >= 11 is 6.06. The van der Waals surface area contributed by atoms with Crippen molar-refractivity contribution in [3.8, 4) is 0 Å². The van der Waals surface area contributed by atoms with E-state index in [2.05, 4.69) is 10.6 Å². The van der Waals surface area contributed by atoms with Gasteiger partial charge in [0.15, 0.2) is 11.6 Å². The molecule has 2 aromatic rings. The number of benzene rings is 2. The van der Waals surface area contributed by atoms with E-state index in [1.807, 2.05) is 6.92 Å². The molecule has 0 saturated heterocycles. The van der Waals surface area contributed by atoms with Gasteiger partial charge >= 0.3 is 0 Å². The van der Waals surface area contributed by atoms with Crippen LogP contribution in [0.2, 0.25) is 5.02 Å². The molecule has 2 aromatic carbocycles. The minimum atomic E-state index is -1.11. The van der Waals surface area contributed by atoms with Crippen LogP contribution in [0.1, 0.15) is 34.1 Å². The van der Waals surface area contributed by atoms with Gasteiger partial charge in [-0.1, -0.05) is 18.5 Å². The first-order valence-electron chi connectivity index (χ1n) is 7.26. The largest absolute Gasteiger partial charge is 0.352 e. The Labute approximate surface area is 142 Å². The number of hydrogen-bond donors (Lipinski definition) is 2. The molecule has 2 N–H and O–H groups in total. The highest BCUT2D eigenvalue weighted by atomic mass is 35.5. The zero-order valence-corrected chi connectivity index (χ0v) is 13.6. The van der Waals surface area contributed by atoms with Gasteiger partial charge in [-0.3, -0.25) is 9.59 Å². The van der Waals surface area contributed by atoms with Crippen LogP contribution in [0.4, 0.5) is 14.5 Å². The summed E-state index contributed by atoms with van der Waals surface area (Å²) in [6, 6.07) is 7.25. The van der Waals surface area contributed by atoms with Crippen LogP contribution >= 0.6 is 11.6 Å². The van der Waals surface area contributed by atoms with E-state index in [1.165, 1.54) is 24.3 Å². The average molecular weight is 353 g/mol. The van der Waals surface area contributed by atoms with E-state index < -0.39 is 17.5 Å². The lowest BCUT2D eigenvalue weighted by atomic mass is 10.1. The first kappa shape index (κ1) is 17.9. The summed E-state index contributed by atoms with van der Waals surface area (Å²) in [5.41, 5.74) is 0.590. The standard InChI is InChI=1S/C17H15ClF2N2O2/c1-2-7-21-17(24)12-5-4-11(9-13(12)18)22-16(23)10-3-6-14(19)15(20)8-10/h3-6,8-9H,2,7H2,1H3,(H,21,24)(H,22,23). The maximum absolute atomic E-state index is 13.2. The Hall–Kier alpha value is -2.47. The minimum absolute atomic E-state index is 0.0326. The Morgan fingerprint density at radius 1 is 1.04 bits per heavy atom. The summed E-state index contributed by atoms with van der Waals surface area (Å²) in [4.78, 5) is 23.9. The molecule has 126 valence electrons. The molecule has 0 bridgehead atoms. The third kappa shape index (κ3) is 4.29. The van der Waals surface area contributed by atoms with Crippen molar-refractivity contribution < 1.29 is 18.4 Å². The molecule has 0 fully saturated rings. The van der Waals surface area contributed by atoms with Crippen molar-refractivity contribution in [2.45, 2.75) is 13.3 Å². The van der Waals surface area contributed by atoms with E-state index in [-0.39, 0.29) is 22.1 Å². The molecule has 0 radical (unpaired) electrons. The van der Waals surface area contributed by atoms with Crippen LogP contribution in [-0.4, -0.2) is 18.4 Å². The zero-order valence-electron chi connectivity index (χ0n) is 12.8. The molecule has 2 amide bonds. The first-order chi connectivity index (χ1) is 11.4. The molecule has 0 heterocycles. The molecular weight excluding hydrogens is 338 g/mol. The van der Waals surface area contributed by atoms with E-state index in [9.17, 15) is 18.4 Å². The molecule has 4 nitrogen and oxygen atoms in total. The number of halogens is 3. The number of nitrogens with one attached hydrogen (secondary N) is 2. The van der Waals surface area contributed by atoms with Gasteiger partial charge in [0, 0.05) is 17.8 Å². The second-order valence-electron chi connectivity index (χ2n) is 5.03. The van der Waals surface area contributed by atoms with Gasteiger partial charge in [0.25, 0.3) is 11.8 Å². The molecule has 0 aliphatic rings. The van der Waals surface area contributed by atoms with Gasteiger partial charge in [-0.25, -0.2) is 8.78 Å². The van der Waals surface area contributed by atoms with Crippen LogP contribution in [0, 0.1) is 11.6 Å². The Morgan fingerprint density at radius 3 is 2.42 bits per heavy atom. The third-order valence-electron chi connectivity index (χ3n) is 3.19. The second-order valence-corrected chi connectivity index (χ2v) is 5.44. The lowest BCUT2D eigenvalue weighted by Crippen LogP contribution is -2.24. The van der Waals surface area contributed by atoms with Crippen LogP contribution in [-0.2, 0) is 0 Å². The zero-order chi connectivity index (χ0) is 17.7. The normalized spacial score (nSPS) is 10.3. The maximum Gasteiger partial charge on any atom is 0.255 e. The van der Waals surface area contributed by atoms with E-state index in [1.54, 1.807) is 0 Å².